The molecule has 2 fully saturated rings. The SMILES string of the molecule is COC(=O)N[C@H](C(=O)N1CCC[C@H]1c1ncc(-c2ccc(-c3ccc(-c4cnc([C@@H]5CCCN5C(=O)[C@@H](NC(=O)O)C(C)C)[nH]4)cc3CN(C)C)cc2)[nH]1)C(C)C. The second-order valence-electron chi connectivity index (χ2n) is 16.0. The van der Waals surface area contributed by atoms with Gasteiger partial charge in [-0.15, -0.1) is 0 Å². The average Bonchev–Trinajstić information content (AvgIpc) is 4.01. The summed E-state index contributed by atoms with van der Waals surface area (Å²) in [4.78, 5) is 72.5. The lowest BCUT2D eigenvalue weighted by Gasteiger charge is -2.30. The van der Waals surface area contributed by atoms with Crippen molar-refractivity contribution in [2.24, 2.45) is 11.8 Å². The highest BCUT2D eigenvalue weighted by Gasteiger charge is 2.39. The van der Waals surface area contributed by atoms with Crippen molar-refractivity contribution in [3.8, 4) is 33.6 Å². The van der Waals surface area contributed by atoms with E-state index < -0.39 is 24.3 Å². The van der Waals surface area contributed by atoms with Crippen molar-refractivity contribution < 1.29 is 29.0 Å². The molecule has 304 valence electrons. The zero-order valence-corrected chi connectivity index (χ0v) is 33.8. The molecule has 2 aromatic heterocycles. The van der Waals surface area contributed by atoms with Gasteiger partial charge in [0.15, 0.2) is 0 Å². The number of carboxylic acid groups (broad SMARTS) is 1. The Hall–Kier alpha value is -5.70. The number of imidazole rings is 2. The number of amides is 4. The first kappa shape index (κ1) is 40.9. The molecule has 5 N–H and O–H groups in total. The number of likely N-dealkylation sites (tertiary alicyclic amines) is 2. The van der Waals surface area contributed by atoms with Gasteiger partial charge in [0, 0.05) is 19.6 Å². The van der Waals surface area contributed by atoms with Crippen LogP contribution in [0.3, 0.4) is 0 Å². The number of carbonyl (C=O) groups excluding carboxylic acids is 3. The molecule has 0 bridgehead atoms. The first-order valence-corrected chi connectivity index (χ1v) is 19.7. The van der Waals surface area contributed by atoms with Gasteiger partial charge in [-0.3, -0.25) is 9.59 Å². The third-order valence-electron chi connectivity index (χ3n) is 10.9. The highest BCUT2D eigenvalue weighted by molar-refractivity contribution is 5.87. The van der Waals surface area contributed by atoms with Crippen LogP contribution in [0.1, 0.15) is 82.7 Å². The van der Waals surface area contributed by atoms with Crippen molar-refractivity contribution in [1.82, 2.24) is 45.3 Å². The van der Waals surface area contributed by atoms with E-state index in [2.05, 4.69) is 68.0 Å². The fraction of sp³-hybridized carbons (Fsp3) is 0.476. The van der Waals surface area contributed by atoms with Crippen LogP contribution in [0, 0.1) is 11.8 Å². The third-order valence-corrected chi connectivity index (χ3v) is 10.9. The number of nitrogens with zero attached hydrogens (tertiary/aromatic N) is 5. The molecule has 0 radical (unpaired) electrons. The molecule has 0 spiro atoms. The number of nitrogens with one attached hydrogen (secondary N) is 4. The lowest BCUT2D eigenvalue weighted by atomic mass is 9.95. The molecular weight excluding hydrogens is 727 g/mol. The van der Waals surface area contributed by atoms with E-state index in [-0.39, 0.29) is 35.7 Å². The molecule has 6 rings (SSSR count). The Morgan fingerprint density at radius 2 is 1.28 bits per heavy atom. The van der Waals surface area contributed by atoms with Crippen LogP contribution < -0.4 is 10.6 Å². The highest BCUT2D eigenvalue weighted by Crippen LogP contribution is 2.36. The molecule has 4 heterocycles. The summed E-state index contributed by atoms with van der Waals surface area (Å²) in [5, 5.41) is 14.4. The predicted octanol–water partition coefficient (Wildman–Crippen LogP) is 6.20. The molecule has 2 aromatic carbocycles. The number of aromatic nitrogens is 4. The lowest BCUT2D eigenvalue weighted by molar-refractivity contribution is -0.136. The summed E-state index contributed by atoms with van der Waals surface area (Å²) in [5.41, 5.74) is 6.93. The molecule has 4 amide bonds. The summed E-state index contributed by atoms with van der Waals surface area (Å²) < 4.78 is 4.77. The Morgan fingerprint density at radius 3 is 1.77 bits per heavy atom. The van der Waals surface area contributed by atoms with Gasteiger partial charge in [-0.05, 0) is 85.5 Å². The molecule has 0 unspecified atom stereocenters. The van der Waals surface area contributed by atoms with Crippen LogP contribution in [-0.4, -0.2) is 110 Å². The summed E-state index contributed by atoms with van der Waals surface area (Å²) in [5.74, 6) is 0.716. The molecule has 2 saturated heterocycles. The quantitative estimate of drug-likeness (QED) is 0.105. The number of ether oxygens (including phenoxy) is 1. The Kier molecular flexibility index (Phi) is 12.7. The Morgan fingerprint density at radius 1 is 0.789 bits per heavy atom. The van der Waals surface area contributed by atoms with E-state index in [4.69, 9.17) is 14.7 Å². The second kappa shape index (κ2) is 17.6. The molecule has 15 heteroatoms. The number of hydrogen-bond acceptors (Lipinski definition) is 8. The molecule has 2 aliphatic heterocycles. The molecule has 2 aliphatic rings. The second-order valence-corrected chi connectivity index (χ2v) is 16.0. The molecular formula is C42H55N9O6. The number of H-pyrrole nitrogens is 2. The van der Waals surface area contributed by atoms with Gasteiger partial charge in [-0.2, -0.15) is 0 Å². The molecule has 15 nitrogen and oxygen atoms in total. The van der Waals surface area contributed by atoms with Gasteiger partial charge in [0.2, 0.25) is 11.8 Å². The van der Waals surface area contributed by atoms with Crippen LogP contribution in [0.15, 0.2) is 54.9 Å². The maximum atomic E-state index is 13.6. The van der Waals surface area contributed by atoms with Gasteiger partial charge >= 0.3 is 12.2 Å². The van der Waals surface area contributed by atoms with E-state index in [0.717, 1.165) is 64.9 Å². The van der Waals surface area contributed by atoms with E-state index in [9.17, 15) is 24.3 Å². The number of benzene rings is 2. The number of aromatic amines is 2. The minimum atomic E-state index is -1.21. The number of carbonyl (C=O) groups is 4. The number of hydrogen-bond donors (Lipinski definition) is 5. The number of rotatable bonds is 13. The van der Waals surface area contributed by atoms with Crippen molar-refractivity contribution >= 4 is 24.0 Å². The van der Waals surface area contributed by atoms with Gasteiger partial charge in [0.05, 0.1) is 43.0 Å². The predicted molar refractivity (Wildman–Crippen MR) is 216 cm³/mol. The molecule has 0 saturated carbocycles. The number of methoxy groups -OCH3 is 1. The summed E-state index contributed by atoms with van der Waals surface area (Å²) in [6, 6.07) is 12.7. The average molecular weight is 782 g/mol. The van der Waals surface area contributed by atoms with Crippen molar-refractivity contribution in [3.05, 3.63) is 72.1 Å². The van der Waals surface area contributed by atoms with Crippen molar-refractivity contribution in [1.29, 1.82) is 0 Å². The molecule has 0 aliphatic carbocycles. The van der Waals surface area contributed by atoms with Gasteiger partial charge in [0.1, 0.15) is 23.7 Å². The highest BCUT2D eigenvalue weighted by atomic mass is 16.5. The van der Waals surface area contributed by atoms with Crippen LogP contribution in [0.2, 0.25) is 0 Å². The maximum absolute atomic E-state index is 13.6. The zero-order valence-electron chi connectivity index (χ0n) is 33.8. The molecule has 4 atom stereocenters. The van der Waals surface area contributed by atoms with Gasteiger partial charge in [-0.25, -0.2) is 19.6 Å². The fourth-order valence-corrected chi connectivity index (χ4v) is 7.98. The van der Waals surface area contributed by atoms with Gasteiger partial charge in [-0.1, -0.05) is 64.1 Å². The summed E-state index contributed by atoms with van der Waals surface area (Å²) in [6.07, 6.45) is 4.93. The van der Waals surface area contributed by atoms with Crippen molar-refractivity contribution in [2.75, 3.05) is 34.3 Å². The van der Waals surface area contributed by atoms with E-state index >= 15 is 0 Å². The van der Waals surface area contributed by atoms with Crippen molar-refractivity contribution in [3.63, 3.8) is 0 Å². The first-order valence-electron chi connectivity index (χ1n) is 19.7. The van der Waals surface area contributed by atoms with Crippen LogP contribution in [0.25, 0.3) is 33.6 Å². The summed E-state index contributed by atoms with van der Waals surface area (Å²) >= 11 is 0. The Bertz CT molecular complexity index is 2060. The van der Waals surface area contributed by atoms with Crippen LogP contribution in [-0.2, 0) is 20.9 Å². The van der Waals surface area contributed by atoms with E-state index in [1.54, 1.807) is 22.2 Å². The zero-order chi connectivity index (χ0) is 41.0. The summed E-state index contributed by atoms with van der Waals surface area (Å²) in [6.45, 7) is 9.30. The minimum absolute atomic E-state index is 0.113. The first-order chi connectivity index (χ1) is 27.2. The van der Waals surface area contributed by atoms with Crippen LogP contribution in [0.5, 0.6) is 0 Å². The normalized spacial score (nSPS) is 18.0. The largest absolute Gasteiger partial charge is 0.465 e. The monoisotopic (exact) mass is 781 g/mol. The van der Waals surface area contributed by atoms with Gasteiger partial charge in [0.25, 0.3) is 0 Å². The standard InChI is InChI=1S/C42H55N9O6/c1-24(2)35(47-41(54)55)39(52)50-18-8-11-34(50)38-44-22-32(46-38)28-16-17-30(29(20-28)23-49(5)6)26-12-14-27(15-13-26)31-21-43-37(45-31)33-10-9-19-51(33)40(53)36(25(3)4)48-42(56)57-7/h12-17,20-22,24-25,33-36,47H,8-11,18-19,23H2,1-7H3,(H,43,45)(H,44,46)(H,48,56)(H,54,55)/t33-,34-,35-,36-/m0/s1. The lowest BCUT2D eigenvalue weighted by Crippen LogP contribution is -2.51. The topological polar surface area (TPSA) is 189 Å². The van der Waals surface area contributed by atoms with E-state index in [0.29, 0.717) is 31.3 Å². The summed E-state index contributed by atoms with van der Waals surface area (Å²) in [7, 11) is 5.36. The molecule has 57 heavy (non-hydrogen) atoms. The smallest absolute Gasteiger partial charge is 0.407 e. The van der Waals surface area contributed by atoms with Gasteiger partial charge < -0.3 is 45.1 Å². The fourth-order valence-electron chi connectivity index (χ4n) is 7.98. The van der Waals surface area contributed by atoms with Crippen LogP contribution >= 0.6 is 0 Å². The maximum Gasteiger partial charge on any atom is 0.407 e. The van der Waals surface area contributed by atoms with E-state index in [1.807, 2.05) is 41.8 Å². The van der Waals surface area contributed by atoms with E-state index in [1.165, 1.54) is 7.11 Å². The minimum Gasteiger partial charge on any atom is -0.465 e. The van der Waals surface area contributed by atoms with Crippen LogP contribution in [0.4, 0.5) is 9.59 Å². The number of alkyl carbamates (subject to hydrolysis) is 1. The Labute approximate surface area is 333 Å². The third kappa shape index (κ3) is 9.14. The van der Waals surface area contributed by atoms with Crippen molar-refractivity contribution in [2.45, 2.75) is 84.1 Å². The Balaban J connectivity index is 1.19. The molecule has 4 aromatic rings.